The Morgan fingerprint density at radius 1 is 1.24 bits per heavy atom. The van der Waals surface area contributed by atoms with Crippen LogP contribution in [0.5, 0.6) is 0 Å². The summed E-state index contributed by atoms with van der Waals surface area (Å²) < 4.78 is 0. The smallest absolute Gasteiger partial charge is 0.217 e. The van der Waals surface area contributed by atoms with E-state index in [4.69, 9.17) is 5.11 Å². The van der Waals surface area contributed by atoms with Gasteiger partial charge in [-0.05, 0) is 18.1 Å². The van der Waals surface area contributed by atoms with E-state index in [0.717, 1.165) is 25.7 Å². The summed E-state index contributed by atoms with van der Waals surface area (Å²) in [5.41, 5.74) is 0.613. The van der Waals surface area contributed by atoms with Crippen molar-refractivity contribution < 1.29 is 15.3 Å². The van der Waals surface area contributed by atoms with Gasteiger partial charge in [-0.2, -0.15) is 0 Å². The largest absolute Gasteiger partial charge is 0.390 e. The standard InChI is InChI=1S/C11H19N3O3/c1-2-3-4-5-6-10-9(7-12-14-13-10)11(16,17)8-15/h7,15-17H,2-6,8H2,1H3. The first-order valence-electron chi connectivity index (χ1n) is 5.85. The van der Waals surface area contributed by atoms with E-state index in [-0.39, 0.29) is 5.56 Å². The zero-order valence-corrected chi connectivity index (χ0v) is 10.0. The monoisotopic (exact) mass is 241 g/mol. The van der Waals surface area contributed by atoms with E-state index in [9.17, 15) is 10.2 Å². The van der Waals surface area contributed by atoms with E-state index in [1.54, 1.807) is 0 Å². The Morgan fingerprint density at radius 3 is 2.65 bits per heavy atom. The van der Waals surface area contributed by atoms with Crippen LogP contribution in [0, 0.1) is 0 Å². The Balaban J connectivity index is 2.71. The highest BCUT2D eigenvalue weighted by atomic mass is 16.5. The molecule has 0 bridgehead atoms. The van der Waals surface area contributed by atoms with Crippen LogP contribution in [0.3, 0.4) is 0 Å². The van der Waals surface area contributed by atoms with Gasteiger partial charge in [-0.25, -0.2) is 0 Å². The quantitative estimate of drug-likeness (QED) is 0.463. The molecule has 0 saturated heterocycles. The van der Waals surface area contributed by atoms with Gasteiger partial charge in [0.25, 0.3) is 0 Å². The minimum Gasteiger partial charge on any atom is -0.390 e. The number of nitrogens with zero attached hydrogens (tertiary/aromatic N) is 3. The number of hydrogen-bond acceptors (Lipinski definition) is 6. The number of hydrogen-bond donors (Lipinski definition) is 3. The fourth-order valence-corrected chi connectivity index (χ4v) is 1.62. The van der Waals surface area contributed by atoms with Crippen LogP contribution in [0.25, 0.3) is 0 Å². The molecule has 6 nitrogen and oxygen atoms in total. The van der Waals surface area contributed by atoms with E-state index < -0.39 is 12.4 Å². The molecule has 0 fully saturated rings. The Labute approximate surface area is 100 Å². The normalized spacial score (nSPS) is 11.8. The van der Waals surface area contributed by atoms with Crippen molar-refractivity contribution in [2.75, 3.05) is 6.61 Å². The topological polar surface area (TPSA) is 99.4 Å². The molecule has 17 heavy (non-hydrogen) atoms. The highest BCUT2D eigenvalue weighted by Gasteiger charge is 2.29. The summed E-state index contributed by atoms with van der Waals surface area (Å²) in [5, 5.41) is 38.9. The lowest BCUT2D eigenvalue weighted by Gasteiger charge is -2.20. The second kappa shape index (κ2) is 6.58. The molecule has 1 rings (SSSR count). The second-order valence-electron chi connectivity index (χ2n) is 4.08. The number of rotatable bonds is 7. The van der Waals surface area contributed by atoms with Gasteiger partial charge in [0.05, 0.1) is 17.5 Å². The van der Waals surface area contributed by atoms with Gasteiger partial charge in [0.2, 0.25) is 5.79 Å². The summed E-state index contributed by atoms with van der Waals surface area (Å²) in [4.78, 5) is 0. The highest BCUT2D eigenvalue weighted by Crippen LogP contribution is 2.20. The van der Waals surface area contributed by atoms with Gasteiger partial charge in [0.1, 0.15) is 6.61 Å². The molecule has 96 valence electrons. The molecular formula is C11H19N3O3. The number of aliphatic hydroxyl groups is 3. The molecule has 0 aliphatic carbocycles. The predicted octanol–water partition coefficient (Wildman–Crippen LogP) is 0.124. The summed E-state index contributed by atoms with van der Waals surface area (Å²) in [6.07, 6.45) is 6.07. The van der Waals surface area contributed by atoms with Crippen molar-refractivity contribution in [3.05, 3.63) is 17.5 Å². The van der Waals surface area contributed by atoms with Crippen LogP contribution in [0.2, 0.25) is 0 Å². The summed E-state index contributed by atoms with van der Waals surface area (Å²) in [6, 6.07) is 0. The van der Waals surface area contributed by atoms with Crippen LogP contribution < -0.4 is 0 Å². The number of aliphatic hydroxyl groups excluding tert-OH is 1. The van der Waals surface area contributed by atoms with Crippen LogP contribution in [0.1, 0.15) is 43.9 Å². The molecule has 0 saturated carbocycles. The Bertz CT molecular complexity index is 344. The van der Waals surface area contributed by atoms with Crippen molar-refractivity contribution in [2.24, 2.45) is 0 Å². The zero-order valence-electron chi connectivity index (χ0n) is 10.0. The van der Waals surface area contributed by atoms with Gasteiger partial charge in [-0.3, -0.25) is 0 Å². The molecule has 0 unspecified atom stereocenters. The summed E-state index contributed by atoms with van der Waals surface area (Å²) in [7, 11) is 0. The van der Waals surface area contributed by atoms with Crippen LogP contribution in [0.15, 0.2) is 6.20 Å². The fourth-order valence-electron chi connectivity index (χ4n) is 1.62. The molecule has 6 heteroatoms. The molecule has 3 N–H and O–H groups in total. The fraction of sp³-hybridized carbons (Fsp3) is 0.727. The van der Waals surface area contributed by atoms with Crippen LogP contribution in [0.4, 0.5) is 0 Å². The van der Waals surface area contributed by atoms with E-state index in [0.29, 0.717) is 12.1 Å². The minimum atomic E-state index is -2.29. The van der Waals surface area contributed by atoms with Gasteiger partial charge >= 0.3 is 0 Å². The second-order valence-corrected chi connectivity index (χ2v) is 4.08. The van der Waals surface area contributed by atoms with Gasteiger partial charge in [0.15, 0.2) is 0 Å². The molecule has 1 aromatic rings. The lowest BCUT2D eigenvalue weighted by molar-refractivity contribution is -0.196. The van der Waals surface area contributed by atoms with Crippen molar-refractivity contribution in [3.8, 4) is 0 Å². The molecule has 0 radical (unpaired) electrons. The molecule has 0 amide bonds. The first-order chi connectivity index (χ1) is 8.11. The lowest BCUT2D eigenvalue weighted by atomic mass is 10.0. The van der Waals surface area contributed by atoms with E-state index >= 15 is 0 Å². The molecule has 0 aliphatic rings. The zero-order chi connectivity index (χ0) is 12.7. The van der Waals surface area contributed by atoms with E-state index in [2.05, 4.69) is 22.3 Å². The third-order valence-electron chi connectivity index (χ3n) is 2.63. The van der Waals surface area contributed by atoms with Crippen molar-refractivity contribution in [3.63, 3.8) is 0 Å². The molecule has 1 aromatic heterocycles. The molecule has 0 spiro atoms. The average molecular weight is 241 g/mol. The van der Waals surface area contributed by atoms with E-state index in [1.165, 1.54) is 6.20 Å². The predicted molar refractivity (Wildman–Crippen MR) is 60.9 cm³/mol. The Hall–Kier alpha value is -1.11. The maximum Gasteiger partial charge on any atom is 0.217 e. The lowest BCUT2D eigenvalue weighted by Crippen LogP contribution is -2.31. The van der Waals surface area contributed by atoms with Crippen LogP contribution in [-0.2, 0) is 12.2 Å². The molecule has 0 aliphatic heterocycles. The Kier molecular flexibility index (Phi) is 5.40. The number of aryl methyl sites for hydroxylation is 1. The molecule has 0 aromatic carbocycles. The number of aromatic nitrogens is 3. The third kappa shape index (κ3) is 3.99. The minimum absolute atomic E-state index is 0.131. The summed E-state index contributed by atoms with van der Waals surface area (Å²) >= 11 is 0. The maximum atomic E-state index is 9.58. The highest BCUT2D eigenvalue weighted by molar-refractivity contribution is 5.20. The SMILES string of the molecule is CCCCCCc1nnncc1C(O)(O)CO. The average Bonchev–Trinajstić information content (AvgIpc) is 2.35. The van der Waals surface area contributed by atoms with Gasteiger partial charge in [0, 0.05) is 0 Å². The summed E-state index contributed by atoms with van der Waals surface area (Å²) in [6.45, 7) is 1.33. The first-order valence-corrected chi connectivity index (χ1v) is 5.85. The van der Waals surface area contributed by atoms with Crippen molar-refractivity contribution in [1.29, 1.82) is 0 Å². The third-order valence-corrected chi connectivity index (χ3v) is 2.63. The van der Waals surface area contributed by atoms with Crippen molar-refractivity contribution >= 4 is 0 Å². The van der Waals surface area contributed by atoms with Crippen LogP contribution >= 0.6 is 0 Å². The maximum absolute atomic E-state index is 9.58. The van der Waals surface area contributed by atoms with Crippen molar-refractivity contribution in [1.82, 2.24) is 15.4 Å². The van der Waals surface area contributed by atoms with Gasteiger partial charge in [-0.15, -0.1) is 10.2 Å². The summed E-state index contributed by atoms with van der Waals surface area (Å²) in [5.74, 6) is -2.29. The van der Waals surface area contributed by atoms with Crippen LogP contribution in [-0.4, -0.2) is 37.3 Å². The van der Waals surface area contributed by atoms with E-state index in [1.807, 2.05) is 0 Å². The van der Waals surface area contributed by atoms with Crippen molar-refractivity contribution in [2.45, 2.75) is 44.8 Å². The van der Waals surface area contributed by atoms with Gasteiger partial charge in [-0.1, -0.05) is 26.2 Å². The first kappa shape index (κ1) is 14.0. The molecular weight excluding hydrogens is 222 g/mol. The Morgan fingerprint density at radius 2 is 2.00 bits per heavy atom. The molecule has 0 atom stereocenters. The molecule has 1 heterocycles. The van der Waals surface area contributed by atoms with Gasteiger partial charge < -0.3 is 15.3 Å². The number of unbranched alkanes of at least 4 members (excludes halogenated alkanes) is 3.